The van der Waals surface area contributed by atoms with E-state index < -0.39 is 0 Å². The first-order valence-electron chi connectivity index (χ1n) is 14.5. The van der Waals surface area contributed by atoms with Gasteiger partial charge in [0.2, 0.25) is 0 Å². The summed E-state index contributed by atoms with van der Waals surface area (Å²) in [5, 5.41) is 10.0. The molecular weight excluding hydrogens is 528 g/mol. The molecule has 0 aliphatic heterocycles. The van der Waals surface area contributed by atoms with Crippen LogP contribution in [0.4, 0.5) is 0 Å². The van der Waals surface area contributed by atoms with Gasteiger partial charge in [-0.2, -0.15) is 0 Å². The van der Waals surface area contributed by atoms with Crippen LogP contribution in [-0.2, 0) is 0 Å². The summed E-state index contributed by atoms with van der Waals surface area (Å²) >= 11 is 0. The lowest BCUT2D eigenvalue weighted by Crippen LogP contribution is -1.91. The molecule has 7 aromatic carbocycles. The Kier molecular flexibility index (Phi) is 4.45. The Morgan fingerprint density at radius 2 is 0.907 bits per heavy atom. The van der Waals surface area contributed by atoms with Crippen LogP contribution in [0.25, 0.3) is 98.6 Å². The topological polar surface area (TPSA) is 39.4 Å². The van der Waals surface area contributed by atoms with E-state index in [1.54, 1.807) is 6.26 Å². The second-order valence-corrected chi connectivity index (χ2v) is 11.2. The van der Waals surface area contributed by atoms with Crippen molar-refractivity contribution < 1.29 is 13.3 Å². The van der Waals surface area contributed by atoms with Crippen LogP contribution < -0.4 is 0 Å². The van der Waals surface area contributed by atoms with E-state index in [4.69, 9.17) is 13.3 Å². The summed E-state index contributed by atoms with van der Waals surface area (Å²) in [7, 11) is 0. The first-order valence-corrected chi connectivity index (χ1v) is 14.5. The first kappa shape index (κ1) is 22.8. The second kappa shape index (κ2) is 8.37. The molecule has 0 N–H and O–H groups in total. The molecular formula is C40H22O3. The lowest BCUT2D eigenvalue weighted by Gasteiger charge is -2.18. The fraction of sp³-hybridized carbons (Fsp3) is 0. The van der Waals surface area contributed by atoms with Crippen LogP contribution in [0, 0.1) is 0 Å². The van der Waals surface area contributed by atoms with Gasteiger partial charge in [0.25, 0.3) is 0 Å². The fourth-order valence-electron chi connectivity index (χ4n) is 7.16. The van der Waals surface area contributed by atoms with Gasteiger partial charge in [0, 0.05) is 43.8 Å². The van der Waals surface area contributed by atoms with E-state index in [9.17, 15) is 0 Å². The number of benzene rings is 7. The molecule has 200 valence electrons. The van der Waals surface area contributed by atoms with Crippen LogP contribution in [-0.4, -0.2) is 0 Å². The van der Waals surface area contributed by atoms with E-state index in [1.807, 2.05) is 30.3 Å². The maximum atomic E-state index is 6.64. The predicted octanol–water partition coefficient (Wildman–Crippen LogP) is 11.9. The van der Waals surface area contributed by atoms with Crippen molar-refractivity contribution in [3.05, 3.63) is 134 Å². The molecule has 0 atom stereocenters. The van der Waals surface area contributed by atoms with Crippen molar-refractivity contribution in [1.82, 2.24) is 0 Å². The van der Waals surface area contributed by atoms with Gasteiger partial charge in [-0.25, -0.2) is 0 Å². The first-order chi connectivity index (χ1) is 21.3. The number of para-hydroxylation sites is 3. The SMILES string of the molecule is c1ccc2c(c1)oc1c(-c3c4ccccc4c(-c4cc5ccoc5c5c4oc4ccccc45)c4ccccc34)cccc12. The zero-order chi connectivity index (χ0) is 28.1. The molecule has 3 heteroatoms. The van der Waals surface area contributed by atoms with Crippen molar-refractivity contribution in [2.24, 2.45) is 0 Å². The minimum Gasteiger partial charge on any atom is -0.464 e. The third kappa shape index (κ3) is 3.03. The lowest BCUT2D eigenvalue weighted by molar-refractivity contribution is 0.618. The quantitative estimate of drug-likeness (QED) is 0.201. The smallest absolute Gasteiger partial charge is 0.147 e. The highest BCUT2D eigenvalue weighted by molar-refractivity contribution is 6.28. The Labute approximate surface area is 245 Å². The molecule has 0 unspecified atom stereocenters. The lowest BCUT2D eigenvalue weighted by atomic mass is 9.85. The number of hydrogen-bond donors (Lipinski definition) is 0. The fourth-order valence-corrected chi connectivity index (χ4v) is 7.16. The molecule has 0 aliphatic carbocycles. The van der Waals surface area contributed by atoms with Crippen molar-refractivity contribution in [3.8, 4) is 22.3 Å². The summed E-state index contributed by atoms with van der Waals surface area (Å²) in [4.78, 5) is 0. The molecule has 10 aromatic rings. The molecule has 3 aromatic heterocycles. The van der Waals surface area contributed by atoms with Crippen molar-refractivity contribution >= 4 is 76.4 Å². The largest absolute Gasteiger partial charge is 0.464 e. The zero-order valence-corrected chi connectivity index (χ0v) is 22.9. The molecule has 0 spiro atoms. The Hall–Kier alpha value is -5.80. The molecule has 0 aliphatic rings. The van der Waals surface area contributed by atoms with E-state index in [1.165, 1.54) is 16.3 Å². The summed E-state index contributed by atoms with van der Waals surface area (Å²) in [6, 6.07) is 44.6. The van der Waals surface area contributed by atoms with Crippen LogP contribution in [0.1, 0.15) is 0 Å². The van der Waals surface area contributed by atoms with Crippen molar-refractivity contribution in [3.63, 3.8) is 0 Å². The number of rotatable bonds is 2. The van der Waals surface area contributed by atoms with E-state index >= 15 is 0 Å². The van der Waals surface area contributed by atoms with E-state index in [-0.39, 0.29) is 0 Å². The molecule has 0 saturated heterocycles. The highest BCUT2D eigenvalue weighted by Gasteiger charge is 2.24. The third-order valence-corrected chi connectivity index (χ3v) is 8.94. The van der Waals surface area contributed by atoms with Crippen molar-refractivity contribution in [2.45, 2.75) is 0 Å². The molecule has 0 bridgehead atoms. The minimum atomic E-state index is 0.839. The van der Waals surface area contributed by atoms with E-state index in [2.05, 4.69) is 97.1 Å². The van der Waals surface area contributed by atoms with Gasteiger partial charge < -0.3 is 13.3 Å². The van der Waals surface area contributed by atoms with Crippen LogP contribution in [0.5, 0.6) is 0 Å². The molecule has 43 heavy (non-hydrogen) atoms. The van der Waals surface area contributed by atoms with Gasteiger partial charge in [0.05, 0.1) is 11.6 Å². The van der Waals surface area contributed by atoms with Gasteiger partial charge >= 0.3 is 0 Å². The predicted molar refractivity (Wildman–Crippen MR) is 177 cm³/mol. The Morgan fingerprint density at radius 1 is 0.372 bits per heavy atom. The van der Waals surface area contributed by atoms with Crippen molar-refractivity contribution in [1.29, 1.82) is 0 Å². The van der Waals surface area contributed by atoms with E-state index in [0.717, 1.165) is 82.3 Å². The highest BCUT2D eigenvalue weighted by Crippen LogP contribution is 2.49. The molecule has 3 heterocycles. The molecule has 3 nitrogen and oxygen atoms in total. The summed E-state index contributed by atoms with van der Waals surface area (Å²) in [5.41, 5.74) is 8.82. The number of furan rings is 3. The summed E-state index contributed by atoms with van der Waals surface area (Å²) < 4.78 is 19.2. The molecule has 0 fully saturated rings. The summed E-state index contributed by atoms with van der Waals surface area (Å²) in [6.45, 7) is 0. The van der Waals surface area contributed by atoms with E-state index in [0.29, 0.717) is 0 Å². The second-order valence-electron chi connectivity index (χ2n) is 11.2. The van der Waals surface area contributed by atoms with Gasteiger partial charge in [0.1, 0.15) is 27.9 Å². The van der Waals surface area contributed by atoms with Crippen LogP contribution in [0.15, 0.2) is 147 Å². The molecule has 0 radical (unpaired) electrons. The van der Waals surface area contributed by atoms with Gasteiger partial charge in [-0.05, 0) is 45.8 Å². The maximum Gasteiger partial charge on any atom is 0.147 e. The van der Waals surface area contributed by atoms with Gasteiger partial charge in [0.15, 0.2) is 0 Å². The van der Waals surface area contributed by atoms with Gasteiger partial charge in [-0.1, -0.05) is 103 Å². The van der Waals surface area contributed by atoms with Gasteiger partial charge in [-0.3, -0.25) is 0 Å². The third-order valence-electron chi connectivity index (χ3n) is 8.94. The normalized spacial score (nSPS) is 12.2. The average Bonchev–Trinajstić information content (AvgIpc) is 3.78. The Balaban J connectivity index is 1.40. The minimum absolute atomic E-state index is 0.839. The highest BCUT2D eigenvalue weighted by atomic mass is 16.3. The van der Waals surface area contributed by atoms with Gasteiger partial charge in [-0.15, -0.1) is 0 Å². The average molecular weight is 551 g/mol. The van der Waals surface area contributed by atoms with Crippen LogP contribution >= 0.6 is 0 Å². The van der Waals surface area contributed by atoms with Crippen molar-refractivity contribution in [2.75, 3.05) is 0 Å². The monoisotopic (exact) mass is 550 g/mol. The molecule has 0 saturated carbocycles. The van der Waals surface area contributed by atoms with Crippen LogP contribution in [0.2, 0.25) is 0 Å². The number of fused-ring (bicyclic) bond motifs is 10. The Bertz CT molecular complexity index is 2680. The standard InChI is InChI=1S/C40H22O3/c1-3-13-27-25(11-1)35(31-17-9-16-29-24-10-5-7-18-33(24)42-39(29)31)26-12-2-4-14-28(26)36(27)32-22-23-20-21-41-38(23)37-30-15-6-8-19-34(30)43-40(32)37/h1-22H. The summed E-state index contributed by atoms with van der Waals surface area (Å²) in [5.74, 6) is 0. The zero-order valence-electron chi connectivity index (χ0n) is 22.9. The Morgan fingerprint density at radius 3 is 1.60 bits per heavy atom. The van der Waals surface area contributed by atoms with Crippen LogP contribution in [0.3, 0.4) is 0 Å². The molecule has 10 rings (SSSR count). The summed E-state index contributed by atoms with van der Waals surface area (Å²) in [6.07, 6.45) is 1.77. The molecule has 0 amide bonds. The number of hydrogen-bond acceptors (Lipinski definition) is 3. The maximum absolute atomic E-state index is 6.64.